The molecule has 6 nitrogen and oxygen atoms in total. The van der Waals surface area contributed by atoms with E-state index < -0.39 is 0 Å². The van der Waals surface area contributed by atoms with E-state index in [2.05, 4.69) is 10.2 Å². The van der Waals surface area contributed by atoms with Crippen LogP contribution in [0.2, 0.25) is 0 Å². The monoisotopic (exact) mass is 432 g/mol. The van der Waals surface area contributed by atoms with Gasteiger partial charge in [0.1, 0.15) is 23.9 Å². The summed E-state index contributed by atoms with van der Waals surface area (Å²) in [5, 5.41) is 2.99. The Kier molecular flexibility index (Phi) is 6.92. The largest absolute Gasteiger partial charge is 0.497 e. The highest BCUT2D eigenvalue weighted by Gasteiger charge is 2.19. The van der Waals surface area contributed by atoms with E-state index in [1.54, 1.807) is 14.2 Å². The summed E-state index contributed by atoms with van der Waals surface area (Å²) in [6, 6.07) is 21.4. The van der Waals surface area contributed by atoms with Crippen molar-refractivity contribution < 1.29 is 19.0 Å². The fourth-order valence-electron chi connectivity index (χ4n) is 3.83. The van der Waals surface area contributed by atoms with Gasteiger partial charge < -0.3 is 19.5 Å². The molecule has 1 aliphatic rings. The van der Waals surface area contributed by atoms with E-state index in [1.165, 1.54) is 0 Å². The molecule has 0 aliphatic carbocycles. The van der Waals surface area contributed by atoms with E-state index in [-0.39, 0.29) is 5.91 Å². The first-order valence-electron chi connectivity index (χ1n) is 10.7. The Labute approximate surface area is 188 Å². The summed E-state index contributed by atoms with van der Waals surface area (Å²) in [5.74, 6) is 2.29. The predicted molar refractivity (Wildman–Crippen MR) is 123 cm³/mol. The molecule has 0 unspecified atom stereocenters. The lowest BCUT2D eigenvalue weighted by Gasteiger charge is -2.21. The Hall–Kier alpha value is -3.51. The van der Waals surface area contributed by atoms with Gasteiger partial charge in [0.15, 0.2) is 0 Å². The van der Waals surface area contributed by atoms with Gasteiger partial charge in [0.2, 0.25) is 0 Å². The minimum absolute atomic E-state index is 0.0933. The summed E-state index contributed by atoms with van der Waals surface area (Å²) in [6.45, 7) is 3.26. The first-order chi connectivity index (χ1) is 15.7. The van der Waals surface area contributed by atoms with Crippen molar-refractivity contribution >= 4 is 5.91 Å². The average molecular weight is 433 g/mol. The lowest BCUT2D eigenvalue weighted by Crippen LogP contribution is -2.26. The predicted octanol–water partition coefficient (Wildman–Crippen LogP) is 4.03. The van der Waals surface area contributed by atoms with Crippen LogP contribution in [0.25, 0.3) is 0 Å². The van der Waals surface area contributed by atoms with Crippen LogP contribution in [0.4, 0.5) is 0 Å². The van der Waals surface area contributed by atoms with Crippen LogP contribution in [0.3, 0.4) is 0 Å². The fourth-order valence-corrected chi connectivity index (χ4v) is 3.83. The highest BCUT2D eigenvalue weighted by molar-refractivity contribution is 5.94. The van der Waals surface area contributed by atoms with Crippen LogP contribution in [0.1, 0.15) is 27.0 Å². The second-order valence-corrected chi connectivity index (χ2v) is 7.73. The molecule has 0 saturated heterocycles. The lowest BCUT2D eigenvalue weighted by atomic mass is 10.1. The molecule has 6 heteroatoms. The Balaban J connectivity index is 1.47. The number of carbonyl (C=O) groups excluding carboxylic acids is 1. The summed E-state index contributed by atoms with van der Waals surface area (Å²) >= 11 is 0. The zero-order valence-electron chi connectivity index (χ0n) is 18.5. The Morgan fingerprint density at radius 2 is 1.88 bits per heavy atom. The molecule has 1 heterocycles. The molecule has 0 atom stereocenters. The first-order valence-corrected chi connectivity index (χ1v) is 10.7. The zero-order chi connectivity index (χ0) is 22.3. The number of fused-ring (bicyclic) bond motifs is 1. The van der Waals surface area contributed by atoms with E-state index in [4.69, 9.17) is 14.2 Å². The van der Waals surface area contributed by atoms with Crippen molar-refractivity contribution in [3.63, 3.8) is 0 Å². The summed E-state index contributed by atoms with van der Waals surface area (Å²) in [4.78, 5) is 15.0. The minimum Gasteiger partial charge on any atom is -0.497 e. The van der Waals surface area contributed by atoms with Crippen molar-refractivity contribution in [3.8, 4) is 17.2 Å². The summed E-state index contributed by atoms with van der Waals surface area (Å²) in [6.07, 6.45) is 0. The second-order valence-electron chi connectivity index (χ2n) is 7.73. The molecule has 0 spiro atoms. The number of hydrogen-bond donors (Lipinski definition) is 1. The van der Waals surface area contributed by atoms with Crippen LogP contribution < -0.4 is 19.5 Å². The SMILES string of the molecule is COc1ccc(CN2CCOc3ccc(C(=O)NCc4ccccc4)cc3C2)c(OC)c1. The summed E-state index contributed by atoms with van der Waals surface area (Å²) in [5.41, 5.74) is 3.78. The molecule has 0 radical (unpaired) electrons. The van der Waals surface area contributed by atoms with Gasteiger partial charge in [0, 0.05) is 48.9 Å². The van der Waals surface area contributed by atoms with Crippen molar-refractivity contribution in [1.29, 1.82) is 0 Å². The van der Waals surface area contributed by atoms with Gasteiger partial charge >= 0.3 is 0 Å². The maximum atomic E-state index is 12.7. The van der Waals surface area contributed by atoms with E-state index in [1.807, 2.05) is 66.7 Å². The number of rotatable bonds is 7. The highest BCUT2D eigenvalue weighted by atomic mass is 16.5. The molecule has 3 aromatic carbocycles. The number of hydrogen-bond acceptors (Lipinski definition) is 5. The molecule has 1 amide bonds. The van der Waals surface area contributed by atoms with Crippen LogP contribution in [0.5, 0.6) is 17.2 Å². The fraction of sp³-hybridized carbons (Fsp3) is 0.269. The van der Waals surface area contributed by atoms with Crippen molar-refractivity contribution in [1.82, 2.24) is 10.2 Å². The first kappa shape index (κ1) is 21.7. The normalized spacial score (nSPS) is 13.4. The second kappa shape index (κ2) is 10.2. The summed E-state index contributed by atoms with van der Waals surface area (Å²) < 4.78 is 16.8. The molecule has 0 bridgehead atoms. The van der Waals surface area contributed by atoms with Gasteiger partial charge in [-0.1, -0.05) is 36.4 Å². The van der Waals surface area contributed by atoms with Crippen molar-refractivity contribution in [2.24, 2.45) is 0 Å². The molecule has 1 N–H and O–H groups in total. The number of benzene rings is 3. The number of methoxy groups -OCH3 is 2. The van der Waals surface area contributed by atoms with Crippen molar-refractivity contribution in [2.45, 2.75) is 19.6 Å². The Bertz CT molecular complexity index is 1070. The number of ether oxygens (including phenoxy) is 3. The number of nitrogens with one attached hydrogen (secondary N) is 1. The third-order valence-corrected chi connectivity index (χ3v) is 5.57. The van der Waals surface area contributed by atoms with Gasteiger partial charge in [-0.25, -0.2) is 0 Å². The van der Waals surface area contributed by atoms with Gasteiger partial charge in [-0.2, -0.15) is 0 Å². The zero-order valence-corrected chi connectivity index (χ0v) is 18.5. The Morgan fingerprint density at radius 3 is 2.66 bits per heavy atom. The smallest absolute Gasteiger partial charge is 0.251 e. The van der Waals surface area contributed by atoms with Crippen LogP contribution in [-0.4, -0.2) is 38.2 Å². The van der Waals surface area contributed by atoms with Gasteiger partial charge in [-0.05, 0) is 29.8 Å². The van der Waals surface area contributed by atoms with Crippen LogP contribution in [0.15, 0.2) is 66.7 Å². The van der Waals surface area contributed by atoms with Gasteiger partial charge in [0.05, 0.1) is 14.2 Å². The summed E-state index contributed by atoms with van der Waals surface area (Å²) in [7, 11) is 3.31. The molecule has 3 aromatic rings. The van der Waals surface area contributed by atoms with Crippen molar-refractivity contribution in [3.05, 3.63) is 89.0 Å². The highest BCUT2D eigenvalue weighted by Crippen LogP contribution is 2.29. The van der Waals surface area contributed by atoms with E-state index in [9.17, 15) is 4.79 Å². The molecule has 0 fully saturated rings. The topological polar surface area (TPSA) is 60.0 Å². The van der Waals surface area contributed by atoms with Crippen LogP contribution in [-0.2, 0) is 19.6 Å². The lowest BCUT2D eigenvalue weighted by molar-refractivity contribution is 0.0950. The third kappa shape index (κ3) is 5.21. The molecule has 32 heavy (non-hydrogen) atoms. The van der Waals surface area contributed by atoms with Crippen LogP contribution in [0, 0.1) is 0 Å². The Morgan fingerprint density at radius 1 is 1.03 bits per heavy atom. The van der Waals surface area contributed by atoms with Crippen LogP contribution >= 0.6 is 0 Å². The quantitative estimate of drug-likeness (QED) is 0.611. The third-order valence-electron chi connectivity index (χ3n) is 5.57. The maximum absolute atomic E-state index is 12.7. The molecule has 166 valence electrons. The maximum Gasteiger partial charge on any atom is 0.251 e. The molecular weight excluding hydrogens is 404 g/mol. The van der Waals surface area contributed by atoms with Gasteiger partial charge in [-0.3, -0.25) is 9.69 Å². The van der Waals surface area contributed by atoms with E-state index in [0.717, 1.165) is 40.5 Å². The number of amides is 1. The van der Waals surface area contributed by atoms with Gasteiger partial charge in [0.25, 0.3) is 5.91 Å². The average Bonchev–Trinajstić information content (AvgIpc) is 3.04. The number of nitrogens with zero attached hydrogens (tertiary/aromatic N) is 1. The van der Waals surface area contributed by atoms with E-state index >= 15 is 0 Å². The number of carbonyl (C=O) groups is 1. The molecule has 0 aromatic heterocycles. The molecular formula is C26H28N2O4. The van der Waals surface area contributed by atoms with E-state index in [0.29, 0.717) is 31.8 Å². The minimum atomic E-state index is -0.0933. The standard InChI is InChI=1S/C26H28N2O4/c1-30-23-10-8-21(25(15-23)31-2)17-28-12-13-32-24-11-9-20(14-22(24)18-28)26(29)27-16-19-6-4-3-5-7-19/h3-11,14-15H,12-13,16-18H2,1-2H3,(H,27,29). The van der Waals surface area contributed by atoms with Crippen molar-refractivity contribution in [2.75, 3.05) is 27.4 Å². The molecule has 4 rings (SSSR count). The molecule has 1 aliphatic heterocycles. The molecule has 0 saturated carbocycles. The van der Waals surface area contributed by atoms with Gasteiger partial charge in [-0.15, -0.1) is 0 Å².